The molecule has 2 atom stereocenters. The molecular weight excluding hydrogens is 654 g/mol. The lowest BCUT2D eigenvalue weighted by atomic mass is 9.80. The first-order valence-electron chi connectivity index (χ1n) is 12.8. The Bertz CT molecular complexity index is 1850. The van der Waals surface area contributed by atoms with Crippen LogP contribution in [0.15, 0.2) is 36.4 Å². The number of carbonyl (C=O) groups excluding carboxylic acids is 2. The summed E-state index contributed by atoms with van der Waals surface area (Å²) in [6.45, 7) is -0.909. The molecule has 1 unspecified atom stereocenters. The van der Waals surface area contributed by atoms with Crippen molar-refractivity contribution in [2.75, 3.05) is 20.3 Å². The maximum absolute atomic E-state index is 14.7. The zero-order valence-corrected chi connectivity index (χ0v) is 24.6. The van der Waals surface area contributed by atoms with Gasteiger partial charge in [0.25, 0.3) is 12.3 Å². The smallest absolute Gasteiger partial charge is 0.424 e. The molecule has 17 heteroatoms. The van der Waals surface area contributed by atoms with Crippen LogP contribution in [0.25, 0.3) is 21.5 Å². The van der Waals surface area contributed by atoms with E-state index in [0.717, 1.165) is 18.2 Å². The number of ether oxygens (including phenoxy) is 2. The van der Waals surface area contributed by atoms with E-state index in [4.69, 9.17) is 26.8 Å². The molecular formula is C28H21ClF6N4O5S. The van der Waals surface area contributed by atoms with Crippen LogP contribution in [0.3, 0.4) is 0 Å². The van der Waals surface area contributed by atoms with E-state index in [1.165, 1.54) is 30.6 Å². The van der Waals surface area contributed by atoms with E-state index in [2.05, 4.69) is 9.97 Å². The average Bonchev–Trinajstić information content (AvgIpc) is 3.56. The quantitative estimate of drug-likeness (QED) is 0.223. The van der Waals surface area contributed by atoms with Gasteiger partial charge in [-0.05, 0) is 43.3 Å². The highest BCUT2D eigenvalue weighted by Gasteiger charge is 2.60. The van der Waals surface area contributed by atoms with Crippen molar-refractivity contribution in [1.82, 2.24) is 15.3 Å². The number of halogens is 7. The Kier molecular flexibility index (Phi) is 8.12. The molecule has 238 valence electrons. The Morgan fingerprint density at radius 2 is 1.93 bits per heavy atom. The number of pyridine rings is 1. The molecule has 3 heterocycles. The molecule has 0 bridgehead atoms. The number of primary amides is 1. The number of nitrogens with one attached hydrogen (secondary N) is 1. The lowest BCUT2D eigenvalue weighted by molar-refractivity contribution is -0.265. The summed E-state index contributed by atoms with van der Waals surface area (Å²) in [7, 11) is 1.31. The molecule has 0 saturated carbocycles. The Morgan fingerprint density at radius 3 is 2.53 bits per heavy atom. The SMILES string of the molecule is COc1cc(C(=O)NCC(O)(c2cc3c(c(-c4ccc(F)c(Cl)c4)n2)OC[C@]3(C(N)=O)C(F)F)C(F)(F)F)cc2sc(C)nc12. The number of thiazole rings is 1. The minimum absolute atomic E-state index is 0.130. The molecule has 1 aliphatic rings. The van der Waals surface area contributed by atoms with Crippen LogP contribution in [0.1, 0.15) is 26.6 Å². The summed E-state index contributed by atoms with van der Waals surface area (Å²) in [6.07, 6.45) is -9.13. The zero-order chi connectivity index (χ0) is 33.1. The first-order chi connectivity index (χ1) is 21.0. The molecule has 0 radical (unpaired) electrons. The van der Waals surface area contributed by atoms with Gasteiger partial charge in [0.15, 0.2) is 5.41 Å². The Labute approximate surface area is 258 Å². The number of nitrogens with two attached hydrogens (primary N) is 1. The van der Waals surface area contributed by atoms with Crippen molar-refractivity contribution in [1.29, 1.82) is 0 Å². The van der Waals surface area contributed by atoms with Crippen molar-refractivity contribution >= 4 is 45.0 Å². The van der Waals surface area contributed by atoms with Crippen LogP contribution in [-0.2, 0) is 15.8 Å². The molecule has 4 aromatic rings. The number of carbonyl (C=O) groups is 2. The maximum atomic E-state index is 14.7. The monoisotopic (exact) mass is 674 g/mol. The molecule has 0 aliphatic carbocycles. The summed E-state index contributed by atoms with van der Waals surface area (Å²) < 4.78 is 97.9. The first-order valence-corrected chi connectivity index (χ1v) is 14.0. The number of rotatable bonds is 8. The van der Waals surface area contributed by atoms with Gasteiger partial charge in [0, 0.05) is 16.7 Å². The second kappa shape index (κ2) is 11.3. The summed E-state index contributed by atoms with van der Waals surface area (Å²) in [4.78, 5) is 33.6. The van der Waals surface area contributed by atoms with Gasteiger partial charge in [-0.25, -0.2) is 23.1 Å². The number of alkyl halides is 5. The van der Waals surface area contributed by atoms with E-state index in [1.807, 2.05) is 5.32 Å². The van der Waals surface area contributed by atoms with Crippen LogP contribution in [0, 0.1) is 12.7 Å². The fourth-order valence-corrected chi connectivity index (χ4v) is 5.92. The minimum Gasteiger partial charge on any atom is -0.494 e. The number of benzene rings is 2. The van der Waals surface area contributed by atoms with E-state index in [0.29, 0.717) is 21.3 Å². The molecule has 1 aliphatic heterocycles. The summed E-state index contributed by atoms with van der Waals surface area (Å²) in [5.74, 6) is -3.97. The molecule has 4 N–H and O–H groups in total. The molecule has 5 rings (SSSR count). The maximum Gasteiger partial charge on any atom is 0.424 e. The number of aryl methyl sites for hydroxylation is 1. The van der Waals surface area contributed by atoms with Crippen molar-refractivity contribution < 1.29 is 50.5 Å². The van der Waals surface area contributed by atoms with Crippen LogP contribution >= 0.6 is 22.9 Å². The number of hydrogen-bond donors (Lipinski definition) is 3. The average molecular weight is 675 g/mol. The zero-order valence-electron chi connectivity index (χ0n) is 23.1. The highest BCUT2D eigenvalue weighted by Crippen LogP contribution is 2.50. The van der Waals surface area contributed by atoms with Gasteiger partial charge in [-0.3, -0.25) is 9.59 Å². The van der Waals surface area contributed by atoms with Crippen LogP contribution in [0.5, 0.6) is 11.5 Å². The minimum atomic E-state index is -5.57. The van der Waals surface area contributed by atoms with Crippen molar-refractivity contribution in [2.45, 2.75) is 30.5 Å². The summed E-state index contributed by atoms with van der Waals surface area (Å²) in [5.41, 5.74) is -4.18. The number of aromatic nitrogens is 2. The number of fused-ring (bicyclic) bond motifs is 2. The lowest BCUT2D eigenvalue weighted by Crippen LogP contribution is -2.52. The fourth-order valence-electron chi connectivity index (χ4n) is 4.86. The normalized spacial score (nSPS) is 17.6. The number of nitrogens with zero attached hydrogens (tertiary/aromatic N) is 2. The molecule has 2 aromatic heterocycles. The van der Waals surface area contributed by atoms with Crippen molar-refractivity contribution in [3.05, 3.63) is 69.1 Å². The first kappa shape index (κ1) is 32.2. The van der Waals surface area contributed by atoms with Crippen LogP contribution in [0.4, 0.5) is 26.3 Å². The standard InChI is InChI=1S/C28H21ClF6N4O5S/c1-11-38-21-17(43-2)6-13(7-18(21)45-11)23(40)37-9-27(42,28(33,34)35)19-8-14-22(44-10-26(14,24(31)32)25(36)41)20(39-19)12-3-4-16(30)15(29)5-12/h3-8,24,42H,9-10H2,1-2H3,(H2,36,41)(H,37,40)/t26-,27?/m1/s1. The highest BCUT2D eigenvalue weighted by molar-refractivity contribution is 7.18. The van der Waals surface area contributed by atoms with E-state index in [-0.39, 0.29) is 16.9 Å². The number of hydrogen-bond acceptors (Lipinski definition) is 8. The summed E-state index contributed by atoms with van der Waals surface area (Å²) in [5, 5.41) is 13.3. The number of methoxy groups -OCH3 is 1. The van der Waals surface area contributed by atoms with Crippen LogP contribution in [-0.4, -0.2) is 59.8 Å². The molecule has 2 amide bonds. The third kappa shape index (κ3) is 5.29. The van der Waals surface area contributed by atoms with Gasteiger partial charge >= 0.3 is 6.18 Å². The molecule has 45 heavy (non-hydrogen) atoms. The van der Waals surface area contributed by atoms with Crippen molar-refractivity contribution in [3.63, 3.8) is 0 Å². The van der Waals surface area contributed by atoms with E-state index in [1.54, 1.807) is 6.92 Å². The Balaban J connectivity index is 1.64. The van der Waals surface area contributed by atoms with E-state index < -0.39 is 82.1 Å². The number of aliphatic hydroxyl groups is 1. The van der Waals surface area contributed by atoms with Gasteiger partial charge in [-0.15, -0.1) is 11.3 Å². The molecule has 0 saturated heterocycles. The second-order valence-corrected chi connectivity index (χ2v) is 11.7. The molecule has 0 fully saturated rings. The van der Waals surface area contributed by atoms with Gasteiger partial charge in [-0.1, -0.05) is 11.6 Å². The Hall–Kier alpha value is -4.15. The Morgan fingerprint density at radius 1 is 1.22 bits per heavy atom. The third-order valence-corrected chi connectivity index (χ3v) is 8.56. The van der Waals surface area contributed by atoms with E-state index >= 15 is 0 Å². The molecule has 9 nitrogen and oxygen atoms in total. The molecule has 2 aromatic carbocycles. The van der Waals surface area contributed by atoms with Gasteiger partial charge in [0.05, 0.1) is 34.1 Å². The predicted molar refractivity (Wildman–Crippen MR) is 150 cm³/mol. The van der Waals surface area contributed by atoms with Gasteiger partial charge in [0.1, 0.15) is 35.1 Å². The van der Waals surface area contributed by atoms with Crippen molar-refractivity contribution in [2.24, 2.45) is 5.73 Å². The number of amides is 2. The second-order valence-electron chi connectivity index (χ2n) is 10.1. The summed E-state index contributed by atoms with van der Waals surface area (Å²) in [6, 6.07) is 5.86. The predicted octanol–water partition coefficient (Wildman–Crippen LogP) is 5.03. The highest BCUT2D eigenvalue weighted by atomic mass is 35.5. The van der Waals surface area contributed by atoms with Gasteiger partial charge in [0.2, 0.25) is 11.5 Å². The van der Waals surface area contributed by atoms with Crippen LogP contribution in [0.2, 0.25) is 5.02 Å². The topological polar surface area (TPSA) is 137 Å². The van der Waals surface area contributed by atoms with Crippen LogP contribution < -0.4 is 20.5 Å². The summed E-state index contributed by atoms with van der Waals surface area (Å²) >= 11 is 7.05. The van der Waals surface area contributed by atoms with Gasteiger partial charge in [-0.2, -0.15) is 13.2 Å². The third-order valence-electron chi connectivity index (χ3n) is 7.35. The van der Waals surface area contributed by atoms with E-state index in [9.17, 15) is 41.0 Å². The lowest BCUT2D eigenvalue weighted by Gasteiger charge is -2.32. The molecule has 0 spiro atoms. The largest absolute Gasteiger partial charge is 0.494 e. The van der Waals surface area contributed by atoms with Crippen molar-refractivity contribution in [3.8, 4) is 22.8 Å². The fraction of sp³-hybridized carbons (Fsp3) is 0.286. The van der Waals surface area contributed by atoms with Gasteiger partial charge < -0.3 is 25.6 Å².